The van der Waals surface area contributed by atoms with Crippen LogP contribution < -0.4 is 4.90 Å². The number of benzene rings is 2. The molecule has 1 heterocycles. The van der Waals surface area contributed by atoms with E-state index < -0.39 is 11.4 Å². The number of carboxylic acids is 1. The average molecular weight is 432 g/mol. The highest BCUT2D eigenvalue weighted by molar-refractivity contribution is 6.11. The Labute approximate surface area is 187 Å². The second-order valence-corrected chi connectivity index (χ2v) is 9.48. The Hall–Kier alpha value is -3.21. The van der Waals surface area contributed by atoms with Crippen LogP contribution in [0.15, 0.2) is 72.6 Å². The lowest BCUT2D eigenvalue weighted by Gasteiger charge is -2.33. The molecular formula is C27H26FNO3. The van der Waals surface area contributed by atoms with Gasteiger partial charge in [0, 0.05) is 5.69 Å². The Morgan fingerprint density at radius 2 is 2.00 bits per heavy atom. The quantitative estimate of drug-likeness (QED) is 0.666. The molecule has 5 rings (SSSR count). The minimum atomic E-state index is -0.984. The van der Waals surface area contributed by atoms with Crippen LogP contribution in [0.4, 0.5) is 10.1 Å². The number of allylic oxidation sites excluding steroid dienone is 4. The predicted octanol–water partition coefficient (Wildman–Crippen LogP) is 5.65. The van der Waals surface area contributed by atoms with Crippen molar-refractivity contribution in [2.45, 2.75) is 38.6 Å². The maximum Gasteiger partial charge on any atom is 0.335 e. The Morgan fingerprint density at radius 3 is 2.69 bits per heavy atom. The predicted molar refractivity (Wildman–Crippen MR) is 121 cm³/mol. The molecule has 0 aromatic heterocycles. The van der Waals surface area contributed by atoms with Gasteiger partial charge >= 0.3 is 5.97 Å². The molecule has 1 aliphatic heterocycles. The van der Waals surface area contributed by atoms with E-state index in [-0.39, 0.29) is 34.5 Å². The highest BCUT2D eigenvalue weighted by atomic mass is 19.1. The van der Waals surface area contributed by atoms with E-state index in [4.69, 9.17) is 0 Å². The second kappa shape index (κ2) is 7.16. The van der Waals surface area contributed by atoms with Gasteiger partial charge in [0.2, 0.25) is 5.91 Å². The number of halogens is 1. The summed E-state index contributed by atoms with van der Waals surface area (Å²) in [5.74, 6) is -0.806. The Morgan fingerprint density at radius 1 is 1.22 bits per heavy atom. The van der Waals surface area contributed by atoms with Gasteiger partial charge in [0.25, 0.3) is 0 Å². The van der Waals surface area contributed by atoms with Crippen LogP contribution in [-0.4, -0.2) is 17.0 Å². The normalized spacial score (nSPS) is 28.2. The highest BCUT2D eigenvalue weighted by Gasteiger charge is 2.78. The minimum Gasteiger partial charge on any atom is -0.478 e. The van der Waals surface area contributed by atoms with Gasteiger partial charge in [-0.15, -0.1) is 0 Å². The number of nitrogens with zero attached hydrogens (tertiary/aromatic N) is 1. The number of amides is 1. The van der Waals surface area contributed by atoms with Crippen LogP contribution in [0.25, 0.3) is 0 Å². The first-order valence-corrected chi connectivity index (χ1v) is 11.1. The fourth-order valence-electron chi connectivity index (χ4n) is 6.23. The van der Waals surface area contributed by atoms with Crippen molar-refractivity contribution in [2.24, 2.45) is 17.3 Å². The van der Waals surface area contributed by atoms with Crippen molar-refractivity contribution in [3.05, 3.63) is 89.3 Å². The maximum atomic E-state index is 14.1. The molecule has 5 heteroatoms. The van der Waals surface area contributed by atoms with Crippen molar-refractivity contribution in [2.75, 3.05) is 4.90 Å². The number of aromatic carboxylic acids is 1. The number of anilines is 1. The summed E-state index contributed by atoms with van der Waals surface area (Å²) in [5.41, 5.74) is 2.02. The Kier molecular flexibility index (Phi) is 4.63. The third-order valence-corrected chi connectivity index (χ3v) is 7.75. The summed E-state index contributed by atoms with van der Waals surface area (Å²) in [7, 11) is 0. The fourth-order valence-corrected chi connectivity index (χ4v) is 6.23. The van der Waals surface area contributed by atoms with E-state index in [0.717, 1.165) is 23.2 Å². The van der Waals surface area contributed by atoms with Gasteiger partial charge in [-0.05, 0) is 71.6 Å². The summed E-state index contributed by atoms with van der Waals surface area (Å²) in [5, 5.41) is 9.35. The largest absolute Gasteiger partial charge is 0.478 e. The van der Waals surface area contributed by atoms with Gasteiger partial charge in [0.15, 0.2) is 0 Å². The van der Waals surface area contributed by atoms with Crippen LogP contribution in [-0.2, 0) is 16.8 Å². The molecule has 164 valence electrons. The lowest BCUT2D eigenvalue weighted by Crippen LogP contribution is -2.39. The highest BCUT2D eigenvalue weighted by Crippen LogP contribution is 2.76. The molecule has 1 fully saturated rings. The number of carbonyl (C=O) groups is 2. The van der Waals surface area contributed by atoms with Gasteiger partial charge in [-0.3, -0.25) is 4.79 Å². The number of rotatable bonds is 5. The van der Waals surface area contributed by atoms with Gasteiger partial charge in [-0.25, -0.2) is 9.18 Å². The summed E-state index contributed by atoms with van der Waals surface area (Å²) in [6.07, 6.45) is 6.44. The first kappa shape index (κ1) is 20.7. The van der Waals surface area contributed by atoms with Crippen LogP contribution in [0.3, 0.4) is 0 Å². The van der Waals surface area contributed by atoms with Gasteiger partial charge < -0.3 is 10.0 Å². The molecule has 3 aliphatic rings. The van der Waals surface area contributed by atoms with Gasteiger partial charge in [-0.1, -0.05) is 50.3 Å². The standard InChI is InChI=1S/C27H26FNO3/c1-17(2)26(20-10-12-21(28)13-11-20)16-27(26)22-8-3-4-9-23(22)29(25(27)32)15-18-6-5-7-19(14-18)24(30)31/h3-10,12-14,17,20H,11,15-16H2,1-2H3,(H,30,31)/t20?,26-,27-/m1/s1. The number of hydrogen-bond donors (Lipinski definition) is 1. The Balaban J connectivity index is 1.56. The van der Waals surface area contributed by atoms with E-state index in [0.29, 0.717) is 13.0 Å². The molecule has 1 N–H and O–H groups in total. The summed E-state index contributed by atoms with van der Waals surface area (Å²) in [6.45, 7) is 4.64. The first-order valence-electron chi connectivity index (χ1n) is 11.1. The van der Waals surface area contributed by atoms with E-state index >= 15 is 0 Å². The smallest absolute Gasteiger partial charge is 0.335 e. The third-order valence-electron chi connectivity index (χ3n) is 7.75. The number of carbonyl (C=O) groups excluding carboxylic acids is 1. The molecule has 1 amide bonds. The molecule has 2 aromatic rings. The molecule has 32 heavy (non-hydrogen) atoms. The molecule has 0 saturated heterocycles. The molecule has 1 saturated carbocycles. The summed E-state index contributed by atoms with van der Waals surface area (Å²) in [4.78, 5) is 27.3. The lowest BCUT2D eigenvalue weighted by molar-refractivity contribution is -0.121. The molecule has 0 radical (unpaired) electrons. The van der Waals surface area contributed by atoms with Crippen LogP contribution in [0.2, 0.25) is 0 Å². The SMILES string of the molecule is CC(C)[C@@]1(C2C=CC(F)=CC2)C[C@@]12C(=O)N(Cc1cccc(C(=O)O)c1)c1ccccc12. The molecule has 2 aliphatic carbocycles. The summed E-state index contributed by atoms with van der Waals surface area (Å²) in [6, 6.07) is 14.7. The monoisotopic (exact) mass is 431 g/mol. The van der Waals surface area contributed by atoms with Crippen molar-refractivity contribution in [1.82, 2.24) is 0 Å². The third kappa shape index (κ3) is 2.73. The topological polar surface area (TPSA) is 57.6 Å². The Bertz CT molecular complexity index is 1180. The zero-order valence-electron chi connectivity index (χ0n) is 18.2. The molecule has 4 nitrogen and oxygen atoms in total. The van der Waals surface area contributed by atoms with E-state index in [2.05, 4.69) is 13.8 Å². The van der Waals surface area contributed by atoms with Crippen molar-refractivity contribution >= 4 is 17.6 Å². The van der Waals surface area contributed by atoms with E-state index in [1.54, 1.807) is 24.3 Å². The lowest BCUT2D eigenvalue weighted by atomic mass is 9.69. The van der Waals surface area contributed by atoms with Crippen LogP contribution in [0, 0.1) is 17.3 Å². The van der Waals surface area contributed by atoms with Gasteiger partial charge in [-0.2, -0.15) is 0 Å². The number of para-hydroxylation sites is 1. The van der Waals surface area contributed by atoms with Crippen LogP contribution in [0.1, 0.15) is 48.2 Å². The van der Waals surface area contributed by atoms with Gasteiger partial charge in [0.05, 0.1) is 17.5 Å². The van der Waals surface area contributed by atoms with E-state index in [9.17, 15) is 19.1 Å². The van der Waals surface area contributed by atoms with E-state index in [1.807, 2.05) is 41.3 Å². The van der Waals surface area contributed by atoms with Crippen LogP contribution in [0.5, 0.6) is 0 Å². The summed E-state index contributed by atoms with van der Waals surface area (Å²) >= 11 is 0. The number of carboxylic acid groups (broad SMARTS) is 1. The molecule has 0 bridgehead atoms. The van der Waals surface area contributed by atoms with Crippen LogP contribution >= 0.6 is 0 Å². The van der Waals surface area contributed by atoms with Crippen molar-refractivity contribution in [3.63, 3.8) is 0 Å². The number of fused-ring (bicyclic) bond motifs is 2. The van der Waals surface area contributed by atoms with Crippen molar-refractivity contribution in [3.8, 4) is 0 Å². The molecule has 2 aromatic carbocycles. The molecule has 1 spiro atoms. The average Bonchev–Trinajstić information content (AvgIpc) is 3.45. The second-order valence-electron chi connectivity index (χ2n) is 9.48. The first-order chi connectivity index (χ1) is 15.3. The van der Waals surface area contributed by atoms with Crippen molar-refractivity contribution in [1.29, 1.82) is 0 Å². The minimum absolute atomic E-state index is 0.0663. The number of hydrogen-bond acceptors (Lipinski definition) is 2. The fraction of sp³-hybridized carbons (Fsp3) is 0.333. The zero-order chi connectivity index (χ0) is 22.7. The zero-order valence-corrected chi connectivity index (χ0v) is 18.2. The summed E-state index contributed by atoms with van der Waals surface area (Å²) < 4.78 is 13.7. The van der Waals surface area contributed by atoms with E-state index in [1.165, 1.54) is 6.08 Å². The molecular weight excluding hydrogens is 405 g/mol. The molecule has 3 atom stereocenters. The van der Waals surface area contributed by atoms with Gasteiger partial charge in [0.1, 0.15) is 5.83 Å². The maximum absolute atomic E-state index is 14.1. The molecule has 1 unspecified atom stereocenters. The van der Waals surface area contributed by atoms with Crippen molar-refractivity contribution < 1.29 is 19.1 Å².